The molecule has 0 rings (SSSR count). The van der Waals surface area contributed by atoms with Crippen molar-refractivity contribution in [2.24, 2.45) is 11.8 Å². The number of unbranched alkanes of at least 4 members (excludes halogenated alkanes) is 2. The highest BCUT2D eigenvalue weighted by atomic mass is 16.7. The van der Waals surface area contributed by atoms with Crippen molar-refractivity contribution >= 4 is 6.16 Å². The Morgan fingerprint density at radius 2 is 1.20 bits per heavy atom. The van der Waals surface area contributed by atoms with E-state index >= 15 is 0 Å². The van der Waals surface area contributed by atoms with Crippen LogP contribution in [0.5, 0.6) is 0 Å². The number of hydrogen-bond donors (Lipinski definition) is 0. The number of carbonyl (C=O) groups excluding carboxylic acids is 1. The van der Waals surface area contributed by atoms with Crippen molar-refractivity contribution < 1.29 is 14.3 Å². The lowest BCUT2D eigenvalue weighted by molar-refractivity contribution is 0.0316. The van der Waals surface area contributed by atoms with Crippen molar-refractivity contribution in [3.05, 3.63) is 0 Å². The van der Waals surface area contributed by atoms with Crippen LogP contribution in [0.2, 0.25) is 0 Å². The van der Waals surface area contributed by atoms with Crippen LogP contribution in [0.4, 0.5) is 4.79 Å². The van der Waals surface area contributed by atoms with Crippen LogP contribution in [0, 0.1) is 11.8 Å². The fourth-order valence-electron chi connectivity index (χ4n) is 2.21. The average molecular weight is 286 g/mol. The van der Waals surface area contributed by atoms with E-state index in [2.05, 4.69) is 27.7 Å². The second kappa shape index (κ2) is 13.3. The highest BCUT2D eigenvalue weighted by molar-refractivity contribution is 5.59. The minimum Gasteiger partial charge on any atom is -0.434 e. The molecule has 0 fully saturated rings. The number of hydrogen-bond acceptors (Lipinski definition) is 3. The molecule has 0 aliphatic rings. The second-order valence-electron chi connectivity index (χ2n) is 5.71. The Balaban J connectivity index is 3.80. The smallest absolute Gasteiger partial charge is 0.434 e. The minimum atomic E-state index is -0.491. The SMILES string of the molecule is CCCC[C@H](CC)COC(=O)OC[C@@H](CC)CCCC. The zero-order chi connectivity index (χ0) is 15.2. The van der Waals surface area contributed by atoms with Gasteiger partial charge in [0.2, 0.25) is 0 Å². The molecule has 0 bridgehead atoms. The van der Waals surface area contributed by atoms with Crippen LogP contribution in [0.15, 0.2) is 0 Å². The van der Waals surface area contributed by atoms with Gasteiger partial charge in [-0.25, -0.2) is 4.79 Å². The van der Waals surface area contributed by atoms with E-state index in [1.165, 1.54) is 25.7 Å². The maximum atomic E-state index is 11.6. The predicted molar refractivity (Wildman–Crippen MR) is 83.9 cm³/mol. The Kier molecular flexibility index (Phi) is 12.8. The molecule has 0 radical (unpaired) electrons. The van der Waals surface area contributed by atoms with E-state index in [0.29, 0.717) is 25.0 Å². The van der Waals surface area contributed by atoms with Gasteiger partial charge in [0.1, 0.15) is 0 Å². The van der Waals surface area contributed by atoms with Crippen LogP contribution in [0.3, 0.4) is 0 Å². The minimum absolute atomic E-state index is 0.476. The molecular formula is C17H34O3. The Labute approximate surface area is 125 Å². The van der Waals surface area contributed by atoms with Crippen molar-refractivity contribution in [3.63, 3.8) is 0 Å². The summed E-state index contributed by atoms with van der Waals surface area (Å²) in [6.07, 6.45) is 8.67. The molecule has 20 heavy (non-hydrogen) atoms. The van der Waals surface area contributed by atoms with Crippen molar-refractivity contribution in [1.82, 2.24) is 0 Å². The second-order valence-corrected chi connectivity index (χ2v) is 5.71. The summed E-state index contributed by atoms with van der Waals surface area (Å²) in [7, 11) is 0. The van der Waals surface area contributed by atoms with Gasteiger partial charge in [0, 0.05) is 0 Å². The standard InChI is InChI=1S/C17H34O3/c1-5-9-11-15(7-3)13-19-17(18)20-14-16(8-4)12-10-6-2/h15-16H,5-14H2,1-4H3/t15-,16-/m0/s1. The number of rotatable bonds is 12. The van der Waals surface area contributed by atoms with Gasteiger partial charge in [-0.2, -0.15) is 0 Å². The lowest BCUT2D eigenvalue weighted by Crippen LogP contribution is -2.18. The van der Waals surface area contributed by atoms with E-state index in [1.807, 2.05) is 0 Å². The number of ether oxygens (including phenoxy) is 2. The summed E-state index contributed by atoms with van der Waals surface area (Å²) in [5.41, 5.74) is 0. The zero-order valence-electron chi connectivity index (χ0n) is 14.0. The fourth-order valence-corrected chi connectivity index (χ4v) is 2.21. The maximum absolute atomic E-state index is 11.6. The molecule has 0 saturated heterocycles. The molecule has 0 amide bonds. The van der Waals surface area contributed by atoms with Crippen molar-refractivity contribution in [3.8, 4) is 0 Å². The molecular weight excluding hydrogens is 252 g/mol. The molecule has 0 spiro atoms. The third-order valence-corrected chi connectivity index (χ3v) is 3.96. The summed E-state index contributed by atoms with van der Waals surface area (Å²) in [5, 5.41) is 0. The van der Waals surface area contributed by atoms with Crippen LogP contribution in [-0.2, 0) is 9.47 Å². The average Bonchev–Trinajstić information content (AvgIpc) is 2.47. The molecule has 0 aliphatic heterocycles. The lowest BCUT2D eigenvalue weighted by Gasteiger charge is -2.17. The summed E-state index contributed by atoms with van der Waals surface area (Å²) < 4.78 is 10.5. The van der Waals surface area contributed by atoms with Gasteiger partial charge in [-0.1, -0.05) is 66.2 Å². The van der Waals surface area contributed by atoms with E-state index in [-0.39, 0.29) is 0 Å². The maximum Gasteiger partial charge on any atom is 0.508 e. The first-order valence-electron chi connectivity index (χ1n) is 8.47. The van der Waals surface area contributed by atoms with Gasteiger partial charge in [-0.15, -0.1) is 0 Å². The quantitative estimate of drug-likeness (QED) is 0.440. The first-order valence-corrected chi connectivity index (χ1v) is 8.47. The van der Waals surface area contributed by atoms with E-state index in [0.717, 1.165) is 25.7 Å². The van der Waals surface area contributed by atoms with Crippen LogP contribution >= 0.6 is 0 Å². The lowest BCUT2D eigenvalue weighted by atomic mass is 10.0. The summed E-state index contributed by atoms with van der Waals surface area (Å²) in [4.78, 5) is 11.6. The molecule has 0 aliphatic carbocycles. The van der Waals surface area contributed by atoms with E-state index < -0.39 is 6.16 Å². The zero-order valence-corrected chi connectivity index (χ0v) is 14.0. The summed E-state index contributed by atoms with van der Waals surface area (Å²) >= 11 is 0. The molecule has 3 nitrogen and oxygen atoms in total. The van der Waals surface area contributed by atoms with E-state index in [9.17, 15) is 4.79 Å². The molecule has 0 heterocycles. The molecule has 2 atom stereocenters. The molecule has 0 aromatic rings. The topological polar surface area (TPSA) is 35.5 Å². The van der Waals surface area contributed by atoms with Gasteiger partial charge >= 0.3 is 6.16 Å². The predicted octanol–water partition coefficient (Wildman–Crippen LogP) is 5.57. The van der Waals surface area contributed by atoms with Gasteiger partial charge in [-0.05, 0) is 24.7 Å². The highest BCUT2D eigenvalue weighted by Gasteiger charge is 2.13. The molecule has 0 aromatic heterocycles. The summed E-state index contributed by atoms with van der Waals surface area (Å²) in [5.74, 6) is 0.953. The Bertz CT molecular complexity index is 206. The Morgan fingerprint density at radius 3 is 1.50 bits per heavy atom. The monoisotopic (exact) mass is 286 g/mol. The Morgan fingerprint density at radius 1 is 0.800 bits per heavy atom. The third kappa shape index (κ3) is 10.1. The number of carbonyl (C=O) groups is 1. The molecule has 3 heteroatoms. The van der Waals surface area contributed by atoms with Gasteiger partial charge in [0.25, 0.3) is 0 Å². The van der Waals surface area contributed by atoms with Gasteiger partial charge in [0.15, 0.2) is 0 Å². The van der Waals surface area contributed by atoms with Gasteiger partial charge in [0.05, 0.1) is 13.2 Å². The van der Waals surface area contributed by atoms with Crippen molar-refractivity contribution in [2.75, 3.05) is 13.2 Å². The Hall–Kier alpha value is -0.730. The van der Waals surface area contributed by atoms with E-state index in [1.54, 1.807) is 0 Å². The van der Waals surface area contributed by atoms with Crippen molar-refractivity contribution in [1.29, 1.82) is 0 Å². The van der Waals surface area contributed by atoms with Crippen LogP contribution < -0.4 is 0 Å². The van der Waals surface area contributed by atoms with Crippen LogP contribution in [-0.4, -0.2) is 19.4 Å². The highest BCUT2D eigenvalue weighted by Crippen LogP contribution is 2.15. The van der Waals surface area contributed by atoms with Gasteiger partial charge in [-0.3, -0.25) is 0 Å². The van der Waals surface area contributed by atoms with Gasteiger partial charge < -0.3 is 9.47 Å². The summed E-state index contributed by atoms with van der Waals surface area (Å²) in [6, 6.07) is 0. The van der Waals surface area contributed by atoms with Crippen LogP contribution in [0.25, 0.3) is 0 Å². The molecule has 0 N–H and O–H groups in total. The molecule has 0 unspecified atom stereocenters. The fraction of sp³-hybridized carbons (Fsp3) is 0.941. The third-order valence-electron chi connectivity index (χ3n) is 3.96. The van der Waals surface area contributed by atoms with Crippen LogP contribution in [0.1, 0.15) is 79.1 Å². The first kappa shape index (κ1) is 19.3. The van der Waals surface area contributed by atoms with E-state index in [4.69, 9.17) is 9.47 Å². The molecule has 120 valence electrons. The normalized spacial score (nSPS) is 13.8. The molecule has 0 aromatic carbocycles. The summed E-state index contributed by atoms with van der Waals surface area (Å²) in [6.45, 7) is 9.66. The molecule has 0 saturated carbocycles. The largest absolute Gasteiger partial charge is 0.508 e. The van der Waals surface area contributed by atoms with Crippen molar-refractivity contribution in [2.45, 2.75) is 79.1 Å². The first-order chi connectivity index (χ1) is 9.67.